The third-order valence-corrected chi connectivity index (χ3v) is 4.35. The average Bonchev–Trinajstić information content (AvgIpc) is 3.08. The Kier molecular flexibility index (Phi) is 3.72. The molecule has 1 aliphatic rings. The molecule has 0 spiro atoms. The maximum absolute atomic E-state index is 10.9. The summed E-state index contributed by atoms with van der Waals surface area (Å²) in [7, 11) is 0. The van der Waals surface area contributed by atoms with Crippen LogP contribution in [0.15, 0.2) is 24.5 Å². The van der Waals surface area contributed by atoms with E-state index >= 15 is 0 Å². The zero-order valence-electron chi connectivity index (χ0n) is 11.6. The van der Waals surface area contributed by atoms with E-state index in [1.807, 2.05) is 12.4 Å². The smallest absolute Gasteiger partial charge is 0.335 e. The summed E-state index contributed by atoms with van der Waals surface area (Å²) in [6.07, 6.45) is 9.89. The maximum Gasteiger partial charge on any atom is 0.335 e. The minimum atomic E-state index is -0.900. The van der Waals surface area contributed by atoms with E-state index < -0.39 is 5.97 Å². The monoisotopic (exact) mass is 272 g/mol. The number of carboxylic acid groups (broad SMARTS) is 1. The number of carbonyl (C=O) groups is 1. The van der Waals surface area contributed by atoms with Crippen LogP contribution in [0.2, 0.25) is 0 Å². The van der Waals surface area contributed by atoms with Crippen molar-refractivity contribution in [1.82, 2.24) is 9.55 Å². The molecule has 4 nitrogen and oxygen atoms in total. The molecular weight excluding hydrogens is 252 g/mol. The number of aryl methyl sites for hydroxylation is 1. The van der Waals surface area contributed by atoms with Crippen molar-refractivity contribution in [3.8, 4) is 0 Å². The highest BCUT2D eigenvalue weighted by Crippen LogP contribution is 2.28. The number of rotatable bonds is 5. The summed E-state index contributed by atoms with van der Waals surface area (Å²) >= 11 is 0. The number of nitrogens with zero attached hydrogens (tertiary/aromatic N) is 2. The Labute approximate surface area is 118 Å². The maximum atomic E-state index is 10.9. The van der Waals surface area contributed by atoms with Gasteiger partial charge >= 0.3 is 5.97 Å². The summed E-state index contributed by atoms with van der Waals surface area (Å²) in [5.41, 5.74) is 2.10. The molecule has 2 aromatic rings. The summed E-state index contributed by atoms with van der Waals surface area (Å²) in [5, 5.41) is 8.98. The van der Waals surface area contributed by atoms with Gasteiger partial charge in [0, 0.05) is 6.54 Å². The summed E-state index contributed by atoms with van der Waals surface area (Å²) in [5.74, 6) is 0.0195. The lowest BCUT2D eigenvalue weighted by Gasteiger charge is -2.09. The van der Waals surface area contributed by atoms with Crippen LogP contribution >= 0.6 is 0 Å². The molecule has 1 heterocycles. The molecule has 0 unspecified atom stereocenters. The molecule has 1 N–H and O–H groups in total. The van der Waals surface area contributed by atoms with Gasteiger partial charge in [-0.3, -0.25) is 0 Å². The minimum Gasteiger partial charge on any atom is -0.478 e. The highest BCUT2D eigenvalue weighted by molar-refractivity contribution is 5.92. The van der Waals surface area contributed by atoms with Gasteiger partial charge in [-0.15, -0.1) is 0 Å². The van der Waals surface area contributed by atoms with Crippen LogP contribution < -0.4 is 0 Å². The highest BCUT2D eigenvalue weighted by Gasteiger charge is 2.14. The van der Waals surface area contributed by atoms with Crippen LogP contribution in [0.25, 0.3) is 11.0 Å². The van der Waals surface area contributed by atoms with Crippen LogP contribution in [0.5, 0.6) is 0 Å². The van der Waals surface area contributed by atoms with E-state index in [-0.39, 0.29) is 0 Å². The van der Waals surface area contributed by atoms with Crippen molar-refractivity contribution in [3.05, 3.63) is 30.1 Å². The molecule has 1 aromatic heterocycles. The van der Waals surface area contributed by atoms with Crippen molar-refractivity contribution in [3.63, 3.8) is 0 Å². The second kappa shape index (κ2) is 5.65. The zero-order chi connectivity index (χ0) is 13.9. The van der Waals surface area contributed by atoms with Crippen LogP contribution in [-0.2, 0) is 6.54 Å². The van der Waals surface area contributed by atoms with Crippen LogP contribution in [0.1, 0.15) is 48.9 Å². The first-order chi connectivity index (χ1) is 9.74. The van der Waals surface area contributed by atoms with Crippen LogP contribution in [0.3, 0.4) is 0 Å². The van der Waals surface area contributed by atoms with Gasteiger partial charge in [0.1, 0.15) is 0 Å². The topological polar surface area (TPSA) is 55.1 Å². The summed E-state index contributed by atoms with van der Waals surface area (Å²) in [6, 6.07) is 5.16. The Morgan fingerprint density at radius 1 is 1.35 bits per heavy atom. The normalized spacial score (nSPS) is 16.0. The first-order valence-electron chi connectivity index (χ1n) is 7.42. The molecule has 0 radical (unpaired) electrons. The zero-order valence-corrected chi connectivity index (χ0v) is 11.6. The van der Waals surface area contributed by atoms with Crippen molar-refractivity contribution in [2.75, 3.05) is 0 Å². The van der Waals surface area contributed by atoms with Gasteiger partial charge in [0.05, 0.1) is 22.9 Å². The number of benzene rings is 1. The standard InChI is InChI=1S/C16H20N2O2/c19-16(20)13-7-8-15-14(10-13)17-11-18(15)9-3-6-12-4-1-2-5-12/h7-8,10-12H,1-6,9H2,(H,19,20). The fourth-order valence-corrected chi connectivity index (χ4v) is 3.22. The fraction of sp³-hybridized carbons (Fsp3) is 0.500. The van der Waals surface area contributed by atoms with Crippen LogP contribution in [0.4, 0.5) is 0 Å². The molecule has 0 amide bonds. The first-order valence-corrected chi connectivity index (χ1v) is 7.42. The predicted octanol–water partition coefficient (Wildman–Crippen LogP) is 3.70. The molecule has 0 aliphatic heterocycles. The molecule has 4 heteroatoms. The first kappa shape index (κ1) is 13.2. The van der Waals surface area contributed by atoms with Gasteiger partial charge in [0.2, 0.25) is 0 Å². The Balaban J connectivity index is 1.67. The quantitative estimate of drug-likeness (QED) is 0.902. The number of imidazole rings is 1. The van der Waals surface area contributed by atoms with E-state index in [1.54, 1.807) is 12.1 Å². The van der Waals surface area contributed by atoms with Crippen LogP contribution in [-0.4, -0.2) is 20.6 Å². The summed E-state index contributed by atoms with van der Waals surface area (Å²) in [6.45, 7) is 0.972. The van der Waals surface area contributed by atoms with E-state index in [0.29, 0.717) is 5.56 Å². The second-order valence-corrected chi connectivity index (χ2v) is 5.74. The Morgan fingerprint density at radius 2 is 2.15 bits per heavy atom. The number of hydrogen-bond acceptors (Lipinski definition) is 2. The molecule has 1 fully saturated rings. The SMILES string of the molecule is O=C(O)c1ccc2c(c1)ncn2CCCC1CCCC1. The lowest BCUT2D eigenvalue weighted by atomic mass is 10.0. The molecule has 106 valence electrons. The number of aromatic carboxylic acids is 1. The van der Waals surface area contributed by atoms with E-state index in [0.717, 1.165) is 23.5 Å². The molecule has 0 atom stereocenters. The van der Waals surface area contributed by atoms with Gasteiger partial charge in [0.15, 0.2) is 0 Å². The van der Waals surface area contributed by atoms with Crippen molar-refractivity contribution < 1.29 is 9.90 Å². The second-order valence-electron chi connectivity index (χ2n) is 5.74. The van der Waals surface area contributed by atoms with E-state index in [4.69, 9.17) is 5.11 Å². The van der Waals surface area contributed by atoms with Crippen molar-refractivity contribution in [2.45, 2.75) is 45.1 Å². The van der Waals surface area contributed by atoms with Crippen molar-refractivity contribution in [1.29, 1.82) is 0 Å². The molecule has 0 saturated heterocycles. The van der Waals surface area contributed by atoms with Gasteiger partial charge in [-0.1, -0.05) is 25.7 Å². The fourth-order valence-electron chi connectivity index (χ4n) is 3.22. The summed E-state index contributed by atoms with van der Waals surface area (Å²) < 4.78 is 2.13. The molecule has 1 aromatic carbocycles. The van der Waals surface area contributed by atoms with Crippen LogP contribution in [0, 0.1) is 5.92 Å². The molecule has 20 heavy (non-hydrogen) atoms. The third kappa shape index (κ3) is 2.69. The largest absolute Gasteiger partial charge is 0.478 e. The molecular formula is C16H20N2O2. The lowest BCUT2D eigenvalue weighted by molar-refractivity contribution is 0.0697. The van der Waals surface area contributed by atoms with Gasteiger partial charge in [-0.25, -0.2) is 9.78 Å². The summed E-state index contributed by atoms with van der Waals surface area (Å²) in [4.78, 5) is 15.2. The van der Waals surface area contributed by atoms with E-state index in [2.05, 4.69) is 9.55 Å². The number of carboxylic acids is 1. The van der Waals surface area contributed by atoms with Crippen molar-refractivity contribution in [2.24, 2.45) is 5.92 Å². The third-order valence-electron chi connectivity index (χ3n) is 4.35. The predicted molar refractivity (Wildman–Crippen MR) is 77.9 cm³/mol. The number of aromatic nitrogens is 2. The molecule has 1 aliphatic carbocycles. The minimum absolute atomic E-state index is 0.300. The van der Waals surface area contributed by atoms with Gasteiger partial charge in [-0.2, -0.15) is 0 Å². The highest BCUT2D eigenvalue weighted by atomic mass is 16.4. The Hall–Kier alpha value is -1.84. The Bertz CT molecular complexity index is 612. The molecule has 3 rings (SSSR count). The van der Waals surface area contributed by atoms with Crippen molar-refractivity contribution >= 4 is 17.0 Å². The number of hydrogen-bond donors (Lipinski definition) is 1. The van der Waals surface area contributed by atoms with Gasteiger partial charge < -0.3 is 9.67 Å². The van der Waals surface area contributed by atoms with E-state index in [1.165, 1.54) is 38.5 Å². The molecule has 0 bridgehead atoms. The Morgan fingerprint density at radius 3 is 2.90 bits per heavy atom. The number of fused-ring (bicyclic) bond motifs is 1. The average molecular weight is 272 g/mol. The lowest BCUT2D eigenvalue weighted by Crippen LogP contribution is -2.00. The molecule has 1 saturated carbocycles. The van der Waals surface area contributed by atoms with Gasteiger partial charge in [-0.05, 0) is 37.0 Å². The van der Waals surface area contributed by atoms with E-state index in [9.17, 15) is 4.79 Å². The van der Waals surface area contributed by atoms with Gasteiger partial charge in [0.25, 0.3) is 0 Å².